The summed E-state index contributed by atoms with van der Waals surface area (Å²) < 4.78 is 4.33. The van der Waals surface area contributed by atoms with Gasteiger partial charge in [0.15, 0.2) is 21.4 Å². The molecule has 3 unspecified atom stereocenters. The normalized spacial score (nSPS) is 24.6. The maximum absolute atomic E-state index is 11.9. The predicted octanol–water partition coefficient (Wildman–Crippen LogP) is 15.9. The molecule has 0 amide bonds. The monoisotopic (exact) mass is 1420 g/mol. The van der Waals surface area contributed by atoms with E-state index in [4.69, 9.17) is 22.7 Å². The number of esters is 1. The minimum Gasteiger partial charge on any atom is -0.466 e. The SMILES string of the molecule is C.CC(C)=C1CC[C@@H](C)C1C.CC(C)=C1CC[C@@H](C)CC1=O.CC1C(=O)CC[C@H]1C.CCOC(C)=O.C[C@@H]1CCC(Br)(C(C)(C)Br)C(=O)C1.C[C@@H]1CCc2[nH]c(=S)[nH]c(=O)c21.C[C@@H]1CCc2nc[nH]c(=O)c21.Cc1ncnc2c1[C@H](C)CC2.NC(N)=S.OOO. The van der Waals surface area contributed by atoms with Gasteiger partial charge in [0, 0.05) is 64.6 Å². The van der Waals surface area contributed by atoms with Crippen LogP contribution in [0.2, 0.25) is 0 Å². The van der Waals surface area contributed by atoms with Gasteiger partial charge in [0.05, 0.1) is 23.0 Å². The van der Waals surface area contributed by atoms with Crippen molar-refractivity contribution in [1.29, 1.82) is 0 Å². The quantitative estimate of drug-likeness (QED) is 0.0239. The van der Waals surface area contributed by atoms with Gasteiger partial charge in [-0.3, -0.25) is 33.8 Å². The zero-order valence-corrected chi connectivity index (χ0v) is 61.4. The summed E-state index contributed by atoms with van der Waals surface area (Å²) in [6, 6.07) is 0. The van der Waals surface area contributed by atoms with Gasteiger partial charge in [0.1, 0.15) is 12.1 Å². The summed E-state index contributed by atoms with van der Waals surface area (Å²) in [5, 5.41) is 15.5. The third kappa shape index (κ3) is 28.4. The number of rotatable bonds is 2. The fourth-order valence-electron chi connectivity index (χ4n) is 12.0. The van der Waals surface area contributed by atoms with Gasteiger partial charge >= 0.3 is 5.97 Å². The van der Waals surface area contributed by atoms with E-state index in [1.807, 2.05) is 20.8 Å². The number of alkyl halides is 2. The number of aromatic nitrogens is 6. The molecule has 0 bridgehead atoms. The molecule has 0 spiro atoms. The average molecular weight is 1430 g/mol. The predicted molar refractivity (Wildman–Crippen MR) is 378 cm³/mol. The summed E-state index contributed by atoms with van der Waals surface area (Å²) in [6.07, 6.45) is 20.0. The molecule has 7 aliphatic rings. The third-order valence-corrected chi connectivity index (χ3v) is 21.1. The Hall–Kier alpha value is -4.45. The van der Waals surface area contributed by atoms with Gasteiger partial charge < -0.3 is 26.2 Å². The Morgan fingerprint density at radius 2 is 1.21 bits per heavy atom. The molecule has 510 valence electrons. The molecule has 10 rings (SSSR count). The Balaban J connectivity index is 0.000000995. The Bertz CT molecular complexity index is 3020. The Kier molecular flexibility index (Phi) is 39.9. The van der Waals surface area contributed by atoms with Crippen molar-refractivity contribution < 1.29 is 39.5 Å². The van der Waals surface area contributed by atoms with Crippen molar-refractivity contribution in [2.24, 2.45) is 47.0 Å². The lowest BCUT2D eigenvalue weighted by Crippen LogP contribution is -2.50. The number of allylic oxidation sites excluding steroid dienone is 4. The van der Waals surface area contributed by atoms with Gasteiger partial charge in [-0.15, -0.1) is 0 Å². The number of halogens is 2. The molecular formula is C68H112Br2N8O10S2. The minimum absolute atomic E-state index is 0. The number of nitrogens with zero attached hydrogens (tertiary/aromatic N) is 3. The lowest BCUT2D eigenvalue weighted by atomic mass is 9.76. The van der Waals surface area contributed by atoms with Crippen molar-refractivity contribution >= 4 is 84.7 Å². The van der Waals surface area contributed by atoms with Crippen LogP contribution >= 0.6 is 56.3 Å². The lowest BCUT2D eigenvalue weighted by molar-refractivity contribution is -0.465. The molecule has 7 aliphatic carbocycles. The second kappa shape index (κ2) is 42.0. The molecule has 3 heterocycles. The minimum atomic E-state index is -0.355. The summed E-state index contributed by atoms with van der Waals surface area (Å²) in [7, 11) is 0. The van der Waals surface area contributed by atoms with E-state index in [0.717, 1.165) is 111 Å². The molecule has 3 aromatic rings. The molecule has 10 atom stereocenters. The molecule has 22 heteroatoms. The van der Waals surface area contributed by atoms with Crippen molar-refractivity contribution in [2.75, 3.05) is 6.61 Å². The maximum atomic E-state index is 11.9. The maximum Gasteiger partial charge on any atom is 0.302 e. The smallest absolute Gasteiger partial charge is 0.302 e. The molecule has 3 aromatic heterocycles. The van der Waals surface area contributed by atoms with E-state index in [-0.39, 0.29) is 38.3 Å². The largest absolute Gasteiger partial charge is 0.466 e. The first-order valence-electron chi connectivity index (χ1n) is 31.5. The first-order valence-corrected chi connectivity index (χ1v) is 34.0. The Labute approximate surface area is 565 Å². The van der Waals surface area contributed by atoms with Crippen LogP contribution in [-0.2, 0) is 48.2 Å². The van der Waals surface area contributed by atoms with E-state index in [1.165, 1.54) is 61.5 Å². The number of nitrogens with one attached hydrogen (secondary N) is 3. The average Bonchev–Trinajstić information content (AvgIpc) is 1.39. The summed E-state index contributed by atoms with van der Waals surface area (Å²) in [4.78, 5) is 87.3. The number of carbonyl (C=O) groups is 4. The van der Waals surface area contributed by atoms with Crippen LogP contribution in [0, 0.1) is 47.2 Å². The lowest BCUT2D eigenvalue weighted by Gasteiger charge is -2.41. The van der Waals surface area contributed by atoms with Crippen molar-refractivity contribution in [3.63, 3.8) is 0 Å². The highest BCUT2D eigenvalue weighted by Gasteiger charge is 2.49. The van der Waals surface area contributed by atoms with Crippen LogP contribution in [0.1, 0.15) is 266 Å². The van der Waals surface area contributed by atoms with E-state index in [1.54, 1.807) is 24.4 Å². The van der Waals surface area contributed by atoms with Crippen LogP contribution in [0.4, 0.5) is 0 Å². The van der Waals surface area contributed by atoms with Gasteiger partial charge in [0.25, 0.3) is 11.1 Å². The highest BCUT2D eigenvalue weighted by Crippen LogP contribution is 2.47. The van der Waals surface area contributed by atoms with Crippen molar-refractivity contribution in [3.05, 3.63) is 99.9 Å². The number of aryl methyl sites for hydroxylation is 4. The zero-order chi connectivity index (χ0) is 68.3. The number of H-pyrrole nitrogens is 3. The number of hydrogen-bond acceptors (Lipinski definition) is 15. The van der Waals surface area contributed by atoms with Crippen molar-refractivity contribution in [3.8, 4) is 0 Å². The van der Waals surface area contributed by atoms with Crippen LogP contribution in [0.5, 0.6) is 0 Å². The van der Waals surface area contributed by atoms with Gasteiger partial charge in [-0.05, 0) is 222 Å². The van der Waals surface area contributed by atoms with E-state index in [2.05, 4.69) is 185 Å². The molecule has 0 radical (unpaired) electrons. The van der Waals surface area contributed by atoms with E-state index >= 15 is 0 Å². The zero-order valence-electron chi connectivity index (χ0n) is 56.6. The summed E-state index contributed by atoms with van der Waals surface area (Å²) >= 11 is 16.2. The first-order chi connectivity index (χ1) is 41.4. The Morgan fingerprint density at radius 3 is 1.61 bits per heavy atom. The highest BCUT2D eigenvalue weighted by atomic mass is 79.9. The van der Waals surface area contributed by atoms with Crippen molar-refractivity contribution in [1.82, 2.24) is 29.9 Å². The van der Waals surface area contributed by atoms with Crippen LogP contribution in [0.3, 0.4) is 0 Å². The van der Waals surface area contributed by atoms with E-state index < -0.39 is 0 Å². The molecule has 0 aromatic carbocycles. The van der Waals surface area contributed by atoms with Gasteiger partial charge in [-0.25, -0.2) is 25.5 Å². The van der Waals surface area contributed by atoms with E-state index in [9.17, 15) is 28.8 Å². The number of hydrogen-bond donors (Lipinski definition) is 7. The first kappa shape index (κ1) is 85.5. The summed E-state index contributed by atoms with van der Waals surface area (Å²) in [5.74, 6) is 6.31. The van der Waals surface area contributed by atoms with Gasteiger partial charge in [-0.2, -0.15) is 0 Å². The third-order valence-electron chi connectivity index (χ3n) is 17.9. The molecular weight excluding hydrogens is 1310 g/mol. The van der Waals surface area contributed by atoms with Gasteiger partial charge in [0.2, 0.25) is 0 Å². The number of Topliss-reactive ketones (excluding diaryl/α,β-unsaturated/α-hetero) is 3. The van der Waals surface area contributed by atoms with Crippen LogP contribution in [-0.4, -0.2) is 84.1 Å². The second-order valence-corrected chi connectivity index (χ2v) is 30.1. The number of thiocarbonyl (C=S) groups is 1. The number of fused-ring (bicyclic) bond motifs is 3. The fraction of sp³-hybridized carbons (Fsp3) is 0.691. The van der Waals surface area contributed by atoms with Gasteiger partial charge in [-0.1, -0.05) is 123 Å². The molecule has 4 saturated carbocycles. The molecule has 90 heavy (non-hydrogen) atoms. The standard InChI is InChI=1S/C10H16Br2O.C10H16O.C10H18.C9H12N2.C8H10N2OS.C8H10N2O.C7H12O.C4H8O2.CH4N2S.CH4.H2O3/c1-7-4-5-10(12,8(13)6-7)9(2,3)11;1-7(2)9-5-4-8(3)6-10(9)11;1-7(2)10-6-5-8(3)9(10)4;1-6-3-4-8-9(6)7(2)10-5-11-8;1-4-2-3-5-6(4)7(11)10-8(12)9-5;1-5-2-3-6-7(5)8(11)10-4-9-6;1-5-3-4-7(8)6(5)2;1-3-6-4(2)5;2-1(3)4;;1-3-2/h7H,4-6H2,1-3H3;8H,4-6H2,1-3H3;8-9H,5-6H2,1-4H3;5-6H,3-4H2,1-2H3;4H,2-3H2,1H3,(H2,9,10,11,12);4-5H,2-3H2,1H3,(H,9,10,11);5-6H,3-4H2,1-2H3;3H2,1-2H3;(H4,2,3,4);1H4;1-2H/t7-,10?;8-;8-,9?;6-;4-;5-;5-,6?;;;;/m1111111..../s1. The second-order valence-electron chi connectivity index (χ2n) is 25.8. The molecule has 18 nitrogen and oxygen atoms in total. The number of ketones is 3. The van der Waals surface area contributed by atoms with Crippen LogP contribution < -0.4 is 22.6 Å². The van der Waals surface area contributed by atoms with Crippen LogP contribution in [0.15, 0.2) is 44.5 Å². The highest BCUT2D eigenvalue weighted by molar-refractivity contribution is 9.13. The number of carbonyl (C=O) groups excluding carboxylic acids is 4. The molecule has 9 N–H and O–H groups in total. The number of ether oxygens (including phenoxy) is 1. The van der Waals surface area contributed by atoms with E-state index in [0.29, 0.717) is 76.6 Å². The van der Waals surface area contributed by atoms with Crippen molar-refractivity contribution in [2.45, 2.75) is 261 Å². The topological polar surface area (TPSA) is 299 Å². The number of aromatic amines is 3. The molecule has 0 saturated heterocycles. The van der Waals surface area contributed by atoms with Crippen LogP contribution in [0.25, 0.3) is 0 Å². The number of nitrogens with two attached hydrogens (primary N) is 2. The summed E-state index contributed by atoms with van der Waals surface area (Å²) in [6.45, 7) is 38.0. The fourth-order valence-corrected chi connectivity index (χ4v) is 13.0. The molecule has 0 aliphatic heterocycles. The Morgan fingerprint density at radius 1 is 0.700 bits per heavy atom. The molecule has 4 fully saturated rings. The summed E-state index contributed by atoms with van der Waals surface area (Å²) in [5.41, 5.74) is 22.5.